The molecule has 0 saturated heterocycles. The molecule has 3 heterocycles. The summed E-state index contributed by atoms with van der Waals surface area (Å²) in [5.41, 5.74) is 8.97. The van der Waals surface area contributed by atoms with Crippen LogP contribution in [0, 0.1) is 11.3 Å². The van der Waals surface area contributed by atoms with Gasteiger partial charge in [0.1, 0.15) is 24.3 Å². The molecular weight excluding hydrogens is 330 g/mol. The number of hydrogen-bond acceptors (Lipinski definition) is 8. The van der Waals surface area contributed by atoms with Crippen LogP contribution in [0.25, 0.3) is 0 Å². The minimum absolute atomic E-state index is 0.0535. The van der Waals surface area contributed by atoms with Gasteiger partial charge < -0.3 is 20.7 Å². The molecule has 1 aliphatic rings. The van der Waals surface area contributed by atoms with Gasteiger partial charge in [0.05, 0.1) is 35.2 Å². The fraction of sp³-hybridized carbons (Fsp3) is 0.444. The summed E-state index contributed by atoms with van der Waals surface area (Å²) >= 11 is 0. The van der Waals surface area contributed by atoms with Crippen LogP contribution >= 0.6 is 0 Å². The van der Waals surface area contributed by atoms with Gasteiger partial charge >= 0.3 is 0 Å². The number of nitrogens with one attached hydrogen (secondary N) is 1. The predicted octanol–water partition coefficient (Wildman–Crippen LogP) is 1.26. The maximum atomic E-state index is 9.19. The van der Waals surface area contributed by atoms with Crippen LogP contribution in [-0.2, 0) is 13.0 Å². The molecular formula is C18H23N7O. The molecule has 8 nitrogen and oxygen atoms in total. The van der Waals surface area contributed by atoms with Gasteiger partial charge in [-0.15, -0.1) is 0 Å². The van der Waals surface area contributed by atoms with Gasteiger partial charge in [-0.3, -0.25) is 0 Å². The molecule has 0 spiro atoms. The van der Waals surface area contributed by atoms with E-state index >= 15 is 0 Å². The van der Waals surface area contributed by atoms with E-state index < -0.39 is 0 Å². The van der Waals surface area contributed by atoms with Gasteiger partial charge in [0.25, 0.3) is 0 Å². The number of anilines is 2. The number of aromatic nitrogens is 3. The number of hydrogen-bond donors (Lipinski definition) is 2. The minimum atomic E-state index is 0.0535. The number of fused-ring (bicyclic) bond motifs is 1. The molecule has 8 heteroatoms. The predicted molar refractivity (Wildman–Crippen MR) is 98.8 cm³/mol. The number of nitrogens with zero attached hydrogens (tertiary/aromatic N) is 5. The van der Waals surface area contributed by atoms with Crippen LogP contribution in [0.3, 0.4) is 0 Å². The number of likely N-dealkylation sites (N-methyl/N-ethyl adjacent to an activating group) is 1. The topological polar surface area (TPSA) is 113 Å². The zero-order valence-corrected chi connectivity index (χ0v) is 15.1. The van der Waals surface area contributed by atoms with Gasteiger partial charge in [-0.25, -0.2) is 15.0 Å². The summed E-state index contributed by atoms with van der Waals surface area (Å²) in [6.07, 6.45) is 4.98. The van der Waals surface area contributed by atoms with Crippen molar-refractivity contribution in [2.24, 2.45) is 0 Å². The third-order valence-electron chi connectivity index (χ3n) is 4.52. The standard InChI is InChI=1S/C18H23N7O/c1-3-14(9-21-2)26-18-15-10-25(5-4-16(15)23-11-24-18)13-6-12(7-19)17(20)22-8-13/h6,8,11,14,21H,3-5,9-10H2,1-2H3,(H2,20,22)/t14-/m0/s1. The van der Waals surface area contributed by atoms with Crippen molar-refractivity contribution in [2.45, 2.75) is 32.4 Å². The molecule has 0 aliphatic carbocycles. The van der Waals surface area contributed by atoms with Gasteiger partial charge in [0, 0.05) is 19.5 Å². The Balaban J connectivity index is 1.86. The summed E-state index contributed by atoms with van der Waals surface area (Å²) in [6.45, 7) is 4.24. The molecule has 2 aromatic heterocycles. The monoisotopic (exact) mass is 353 g/mol. The van der Waals surface area contributed by atoms with Gasteiger partial charge in [-0.2, -0.15) is 5.26 Å². The lowest BCUT2D eigenvalue weighted by molar-refractivity contribution is 0.185. The van der Waals surface area contributed by atoms with Crippen LogP contribution in [0.5, 0.6) is 5.88 Å². The summed E-state index contributed by atoms with van der Waals surface area (Å²) in [7, 11) is 1.91. The van der Waals surface area contributed by atoms with E-state index in [0.717, 1.165) is 42.9 Å². The molecule has 2 aromatic rings. The lowest BCUT2D eigenvalue weighted by atomic mass is 10.1. The SMILES string of the molecule is CC[C@@H](CNC)Oc1ncnc2c1CN(c1cnc(N)c(C#N)c1)CC2. The van der Waals surface area contributed by atoms with Crippen LogP contribution in [0.2, 0.25) is 0 Å². The molecule has 136 valence electrons. The summed E-state index contributed by atoms with van der Waals surface area (Å²) in [5.74, 6) is 0.879. The highest BCUT2D eigenvalue weighted by molar-refractivity contribution is 5.59. The third-order valence-corrected chi connectivity index (χ3v) is 4.52. The lowest BCUT2D eigenvalue weighted by Gasteiger charge is -2.31. The smallest absolute Gasteiger partial charge is 0.222 e. The summed E-state index contributed by atoms with van der Waals surface area (Å²) in [5, 5.41) is 12.3. The lowest BCUT2D eigenvalue weighted by Crippen LogP contribution is -2.33. The van der Waals surface area contributed by atoms with E-state index in [-0.39, 0.29) is 11.9 Å². The number of pyridine rings is 1. The first-order valence-electron chi connectivity index (χ1n) is 8.70. The van der Waals surface area contributed by atoms with E-state index in [1.165, 1.54) is 0 Å². The molecule has 3 N–H and O–H groups in total. The Bertz CT molecular complexity index is 818. The highest BCUT2D eigenvalue weighted by atomic mass is 16.5. The van der Waals surface area contributed by atoms with E-state index in [4.69, 9.17) is 10.5 Å². The Morgan fingerprint density at radius 3 is 3.00 bits per heavy atom. The second-order valence-corrected chi connectivity index (χ2v) is 6.22. The molecule has 1 atom stereocenters. The first-order valence-corrected chi connectivity index (χ1v) is 8.70. The molecule has 26 heavy (non-hydrogen) atoms. The Morgan fingerprint density at radius 1 is 1.42 bits per heavy atom. The number of nitrogen functional groups attached to an aromatic ring is 1. The Morgan fingerprint density at radius 2 is 2.27 bits per heavy atom. The van der Waals surface area contributed by atoms with E-state index in [1.807, 2.05) is 7.05 Å². The zero-order valence-electron chi connectivity index (χ0n) is 15.1. The number of nitrogens with two attached hydrogens (primary N) is 1. The maximum Gasteiger partial charge on any atom is 0.222 e. The largest absolute Gasteiger partial charge is 0.473 e. The van der Waals surface area contributed by atoms with Gasteiger partial charge in [-0.1, -0.05) is 6.92 Å². The average Bonchev–Trinajstić information content (AvgIpc) is 2.68. The average molecular weight is 353 g/mol. The normalized spacial score (nSPS) is 14.4. The fourth-order valence-corrected chi connectivity index (χ4v) is 3.02. The van der Waals surface area contributed by atoms with E-state index in [9.17, 15) is 5.26 Å². The first-order chi connectivity index (χ1) is 12.7. The zero-order chi connectivity index (χ0) is 18.5. The van der Waals surface area contributed by atoms with E-state index in [1.54, 1.807) is 18.6 Å². The number of nitriles is 1. The third kappa shape index (κ3) is 3.68. The Kier molecular flexibility index (Phi) is 5.49. The van der Waals surface area contributed by atoms with Crippen LogP contribution in [-0.4, -0.2) is 41.2 Å². The summed E-state index contributed by atoms with van der Waals surface area (Å²) in [4.78, 5) is 15.1. The van der Waals surface area contributed by atoms with Crippen LogP contribution in [0.15, 0.2) is 18.6 Å². The highest BCUT2D eigenvalue weighted by Crippen LogP contribution is 2.29. The minimum Gasteiger partial charge on any atom is -0.473 e. The Labute approximate surface area is 153 Å². The van der Waals surface area contributed by atoms with Crippen LogP contribution < -0.4 is 20.7 Å². The van der Waals surface area contributed by atoms with Crippen molar-refractivity contribution in [1.82, 2.24) is 20.3 Å². The molecule has 0 fully saturated rings. The maximum absolute atomic E-state index is 9.19. The number of ether oxygens (including phenoxy) is 1. The quantitative estimate of drug-likeness (QED) is 0.798. The van der Waals surface area contributed by atoms with Crippen molar-refractivity contribution in [1.29, 1.82) is 5.26 Å². The second kappa shape index (κ2) is 7.97. The van der Waals surface area contributed by atoms with E-state index in [2.05, 4.69) is 38.2 Å². The fourth-order valence-electron chi connectivity index (χ4n) is 3.02. The van der Waals surface area contributed by atoms with Crippen molar-refractivity contribution < 1.29 is 4.74 Å². The van der Waals surface area contributed by atoms with Gasteiger partial charge in [0.15, 0.2) is 0 Å². The second-order valence-electron chi connectivity index (χ2n) is 6.22. The molecule has 0 unspecified atom stereocenters. The van der Waals surface area contributed by atoms with Gasteiger partial charge in [0.2, 0.25) is 5.88 Å². The highest BCUT2D eigenvalue weighted by Gasteiger charge is 2.24. The summed E-state index contributed by atoms with van der Waals surface area (Å²) in [6, 6.07) is 3.85. The molecule has 0 radical (unpaired) electrons. The van der Waals surface area contributed by atoms with E-state index in [0.29, 0.717) is 18.0 Å². The van der Waals surface area contributed by atoms with Crippen molar-refractivity contribution in [2.75, 3.05) is 30.8 Å². The van der Waals surface area contributed by atoms with Gasteiger partial charge in [-0.05, 0) is 19.5 Å². The van der Waals surface area contributed by atoms with Crippen molar-refractivity contribution in [3.63, 3.8) is 0 Å². The van der Waals surface area contributed by atoms with Crippen molar-refractivity contribution in [3.05, 3.63) is 35.4 Å². The molecule has 0 aromatic carbocycles. The molecule has 3 rings (SSSR count). The van der Waals surface area contributed by atoms with Crippen molar-refractivity contribution >= 4 is 11.5 Å². The summed E-state index contributed by atoms with van der Waals surface area (Å²) < 4.78 is 6.12. The van der Waals surface area contributed by atoms with Crippen molar-refractivity contribution in [3.8, 4) is 11.9 Å². The molecule has 0 bridgehead atoms. The van der Waals surface area contributed by atoms with Crippen LogP contribution in [0.1, 0.15) is 30.2 Å². The number of rotatable bonds is 6. The molecule has 1 aliphatic heterocycles. The molecule has 0 amide bonds. The molecule has 0 saturated carbocycles. The Hall–Kier alpha value is -2.92. The van der Waals surface area contributed by atoms with Crippen LogP contribution in [0.4, 0.5) is 11.5 Å². The first kappa shape index (κ1) is 17.9.